The van der Waals surface area contributed by atoms with Crippen molar-refractivity contribution in [3.8, 4) is 0 Å². The number of hydrogen-bond donors (Lipinski definition) is 6. The van der Waals surface area contributed by atoms with Crippen molar-refractivity contribution >= 4 is 68.3 Å². The fourth-order valence-corrected chi connectivity index (χ4v) is 7.39. The van der Waals surface area contributed by atoms with Crippen molar-refractivity contribution in [1.29, 1.82) is 0 Å². The fourth-order valence-electron chi connectivity index (χ4n) is 7.39. The summed E-state index contributed by atoms with van der Waals surface area (Å²) in [5.41, 5.74) is 15.3. The Bertz CT molecular complexity index is 2170. The number of aryl methyl sites for hydroxylation is 2. The highest BCUT2D eigenvalue weighted by Gasteiger charge is 2.23. The molecule has 0 spiro atoms. The summed E-state index contributed by atoms with van der Waals surface area (Å²) in [6, 6.07) is 8.35. The van der Waals surface area contributed by atoms with Gasteiger partial charge in [0.25, 0.3) is 0 Å². The first-order valence-corrected chi connectivity index (χ1v) is 20.5. The molecule has 5 rings (SSSR count). The first kappa shape index (κ1) is 42.1. The highest BCUT2D eigenvalue weighted by molar-refractivity contribution is 5.97. The molecule has 56 heavy (non-hydrogen) atoms. The smallest absolute Gasteiger partial charge is 0.220 e. The molecule has 3 aromatic rings. The number of amides is 2. The molecular weight excluding hydrogens is 697 g/mol. The zero-order valence-corrected chi connectivity index (χ0v) is 34.5. The quantitative estimate of drug-likeness (QED) is 0.0638. The molecule has 10 heteroatoms. The minimum Gasteiger partial charge on any atom is -0.355 e. The van der Waals surface area contributed by atoms with Gasteiger partial charge >= 0.3 is 0 Å². The lowest BCUT2D eigenvalue weighted by Crippen LogP contribution is -2.32. The van der Waals surface area contributed by atoms with E-state index in [-0.39, 0.29) is 11.8 Å². The van der Waals surface area contributed by atoms with Gasteiger partial charge in [0, 0.05) is 72.2 Å². The van der Waals surface area contributed by atoms with E-state index in [4.69, 9.17) is 9.97 Å². The van der Waals surface area contributed by atoms with Crippen LogP contribution in [0.15, 0.2) is 37.4 Å². The SMILES string of the molecule is C=Cc1c(C)c2cc3[nH]c(cc4nc(cc5nc(cc1[nH]2)C(C)=C5CCC(=O)NCCNCCCC)C(CCC(=O)NCCNCCCC)=C4C)c(C)c3C=C. The maximum absolute atomic E-state index is 13.1. The molecule has 0 aliphatic carbocycles. The first-order valence-electron chi connectivity index (χ1n) is 20.5. The lowest BCUT2D eigenvalue weighted by Gasteiger charge is -2.09. The molecule has 5 heterocycles. The lowest BCUT2D eigenvalue weighted by molar-refractivity contribution is -0.121. The molecule has 0 radical (unpaired) electrons. The highest BCUT2D eigenvalue weighted by Crippen LogP contribution is 2.38. The third-order valence-electron chi connectivity index (χ3n) is 10.9. The number of unbranched alkanes of at least 4 members (excludes halogenated alkanes) is 2. The Morgan fingerprint density at radius 3 is 1.46 bits per heavy atom. The normalized spacial score (nSPS) is 12.7. The van der Waals surface area contributed by atoms with Gasteiger partial charge in [0.15, 0.2) is 0 Å². The summed E-state index contributed by atoms with van der Waals surface area (Å²) < 4.78 is 0. The van der Waals surface area contributed by atoms with E-state index in [1.54, 1.807) is 0 Å². The Kier molecular flexibility index (Phi) is 15.2. The highest BCUT2D eigenvalue weighted by atomic mass is 16.2. The van der Waals surface area contributed by atoms with Crippen molar-refractivity contribution in [1.82, 2.24) is 41.2 Å². The second kappa shape index (κ2) is 20.2. The van der Waals surface area contributed by atoms with Crippen LogP contribution in [-0.4, -0.2) is 71.0 Å². The van der Waals surface area contributed by atoms with Gasteiger partial charge in [0.2, 0.25) is 11.8 Å². The summed E-state index contributed by atoms with van der Waals surface area (Å²) in [6.45, 7) is 25.6. The standard InChI is InChI=1S/C46H62N8O2/c1-9-13-19-47-21-23-49-45(55)17-15-35-31(7)38-25-37-29(5)33(11-3)41(51-37)26-39-30(6)34(12-4)42(52-39)27-40-32(8)36(44(54-40)28-43(35)53-38)16-18-46(56)50-24-22-48-20-14-10-2/h11-12,25-28,47-48,51-52H,3-4,9-10,13-24H2,1-2,5-8H3,(H,49,55)(H,50,56). The van der Waals surface area contributed by atoms with Crippen LogP contribution in [0, 0.1) is 13.8 Å². The number of hydrogen-bond acceptors (Lipinski definition) is 6. The zero-order valence-electron chi connectivity index (χ0n) is 34.5. The molecule has 0 aromatic carbocycles. The Balaban J connectivity index is 1.59. The second-order valence-corrected chi connectivity index (χ2v) is 14.8. The monoisotopic (exact) mass is 758 g/mol. The molecule has 0 saturated carbocycles. The number of nitrogens with one attached hydrogen (secondary N) is 6. The molecule has 298 valence electrons. The number of rotatable bonds is 20. The molecule has 0 atom stereocenters. The minimum absolute atomic E-state index is 0.0118. The molecule has 6 N–H and O–H groups in total. The number of aromatic amines is 2. The van der Waals surface area contributed by atoms with E-state index in [0.717, 1.165) is 141 Å². The predicted octanol–water partition coefficient (Wildman–Crippen LogP) is 8.65. The molecule has 3 aromatic heterocycles. The van der Waals surface area contributed by atoms with Gasteiger partial charge in [0.1, 0.15) is 0 Å². The van der Waals surface area contributed by atoms with Crippen LogP contribution in [0.4, 0.5) is 0 Å². The van der Waals surface area contributed by atoms with Crippen molar-refractivity contribution in [3.63, 3.8) is 0 Å². The number of carbonyl (C=O) groups excluding carboxylic acids is 2. The van der Waals surface area contributed by atoms with E-state index < -0.39 is 0 Å². The van der Waals surface area contributed by atoms with Gasteiger partial charge in [-0.25, -0.2) is 9.97 Å². The summed E-state index contributed by atoms with van der Waals surface area (Å²) in [6.07, 6.45) is 10.0. The van der Waals surface area contributed by atoms with E-state index >= 15 is 0 Å². The minimum atomic E-state index is 0.0118. The molecule has 0 fully saturated rings. The van der Waals surface area contributed by atoms with Gasteiger partial charge in [-0.05, 0) is 124 Å². The number of H-pyrrole nitrogens is 2. The number of nitrogens with zero attached hydrogens (tertiary/aromatic N) is 2. The van der Waals surface area contributed by atoms with Crippen LogP contribution in [0.1, 0.15) is 124 Å². The topological polar surface area (TPSA) is 140 Å². The van der Waals surface area contributed by atoms with Gasteiger partial charge in [-0.2, -0.15) is 0 Å². The molecule has 0 saturated heterocycles. The molecule has 2 aliphatic heterocycles. The van der Waals surface area contributed by atoms with Gasteiger partial charge in [-0.1, -0.05) is 52.0 Å². The largest absolute Gasteiger partial charge is 0.355 e. The zero-order chi connectivity index (χ0) is 40.2. The van der Waals surface area contributed by atoms with Crippen LogP contribution in [0.25, 0.3) is 56.5 Å². The molecular formula is C46H62N8O2. The number of fused-ring (bicyclic) bond motifs is 8. The van der Waals surface area contributed by atoms with E-state index in [1.165, 1.54) is 0 Å². The van der Waals surface area contributed by atoms with E-state index in [1.807, 2.05) is 18.2 Å². The first-order chi connectivity index (χ1) is 27.1. The number of carbonyl (C=O) groups is 2. The van der Waals surface area contributed by atoms with Crippen molar-refractivity contribution in [2.75, 3.05) is 39.3 Å². The van der Waals surface area contributed by atoms with Crippen LogP contribution >= 0.6 is 0 Å². The maximum Gasteiger partial charge on any atom is 0.220 e. The Hall–Kier alpha value is -5.06. The third-order valence-corrected chi connectivity index (χ3v) is 10.9. The van der Waals surface area contributed by atoms with Gasteiger partial charge in [-0.3, -0.25) is 9.59 Å². The summed E-state index contributed by atoms with van der Waals surface area (Å²) in [5, 5.41) is 12.9. The Morgan fingerprint density at radius 2 is 1.02 bits per heavy atom. The van der Waals surface area contributed by atoms with Crippen LogP contribution in [-0.2, 0) is 9.59 Å². The van der Waals surface area contributed by atoms with Gasteiger partial charge in [0.05, 0.1) is 22.8 Å². The lowest BCUT2D eigenvalue weighted by atomic mass is 9.98. The van der Waals surface area contributed by atoms with E-state index in [9.17, 15) is 9.59 Å². The van der Waals surface area contributed by atoms with Gasteiger partial charge in [-0.15, -0.1) is 0 Å². The average molecular weight is 759 g/mol. The van der Waals surface area contributed by atoms with Crippen molar-refractivity contribution in [2.45, 2.75) is 92.9 Å². The molecule has 2 amide bonds. The molecule has 2 aliphatic rings. The molecule has 0 unspecified atom stereocenters. The second-order valence-electron chi connectivity index (χ2n) is 14.8. The van der Waals surface area contributed by atoms with Crippen LogP contribution in [0.2, 0.25) is 0 Å². The number of allylic oxidation sites excluding steroid dienone is 4. The van der Waals surface area contributed by atoms with Crippen molar-refractivity contribution in [3.05, 3.63) is 82.5 Å². The maximum atomic E-state index is 13.1. The molecule has 10 nitrogen and oxygen atoms in total. The fraction of sp³-hybridized carbons (Fsp3) is 0.435. The van der Waals surface area contributed by atoms with E-state index in [0.29, 0.717) is 38.8 Å². The summed E-state index contributed by atoms with van der Waals surface area (Å²) in [5.74, 6) is 0.0244. The van der Waals surface area contributed by atoms with Crippen molar-refractivity contribution in [2.24, 2.45) is 0 Å². The van der Waals surface area contributed by atoms with Crippen LogP contribution in [0.5, 0.6) is 0 Å². The molecule has 8 bridgehead atoms. The summed E-state index contributed by atoms with van der Waals surface area (Å²) >= 11 is 0. The van der Waals surface area contributed by atoms with Gasteiger partial charge < -0.3 is 31.2 Å². The average Bonchev–Trinajstić information content (AvgIpc) is 3.85. The van der Waals surface area contributed by atoms with Crippen LogP contribution < -0.4 is 21.3 Å². The van der Waals surface area contributed by atoms with Crippen LogP contribution in [0.3, 0.4) is 0 Å². The summed E-state index contributed by atoms with van der Waals surface area (Å²) in [7, 11) is 0. The number of aromatic nitrogens is 4. The Labute approximate surface area is 332 Å². The summed E-state index contributed by atoms with van der Waals surface area (Å²) in [4.78, 5) is 43.8. The third kappa shape index (κ3) is 10.2. The van der Waals surface area contributed by atoms with Crippen molar-refractivity contribution < 1.29 is 9.59 Å². The Morgan fingerprint density at radius 1 is 0.589 bits per heavy atom. The predicted molar refractivity (Wildman–Crippen MR) is 236 cm³/mol. The van der Waals surface area contributed by atoms with E-state index in [2.05, 4.69) is 104 Å².